The van der Waals surface area contributed by atoms with Crippen molar-refractivity contribution in [3.63, 3.8) is 0 Å². The molecule has 0 aliphatic carbocycles. The number of tetrazole rings is 1. The quantitative estimate of drug-likeness (QED) is 0.0763. The van der Waals surface area contributed by atoms with E-state index in [0.717, 1.165) is 19.4 Å². The Kier molecular flexibility index (Phi) is 14.4. The van der Waals surface area contributed by atoms with E-state index in [2.05, 4.69) is 25.9 Å². The molecule has 0 aliphatic heterocycles. The molecule has 0 atom stereocenters. The van der Waals surface area contributed by atoms with Gasteiger partial charge in [0.1, 0.15) is 0 Å². The van der Waals surface area contributed by atoms with Crippen molar-refractivity contribution in [3.8, 4) is 0 Å². The predicted octanol–water partition coefficient (Wildman–Crippen LogP) is -4.90. The molecule has 0 unspecified atom stereocenters. The van der Waals surface area contributed by atoms with Crippen molar-refractivity contribution in [1.82, 2.24) is 36.0 Å². The van der Waals surface area contributed by atoms with Gasteiger partial charge in [0.05, 0.1) is 0 Å². The van der Waals surface area contributed by atoms with Crippen molar-refractivity contribution in [3.05, 3.63) is 5.82 Å². The van der Waals surface area contributed by atoms with Crippen LogP contribution < -0.4 is 17.0 Å². The van der Waals surface area contributed by atoms with Crippen LogP contribution in [0.4, 0.5) is 0 Å². The Morgan fingerprint density at radius 3 is 2.04 bits per heavy atom. The normalized spacial score (nSPS) is 10.8. The Balaban J connectivity index is 0.000000477. The highest BCUT2D eigenvalue weighted by atomic mass is 16.4. The third kappa shape index (κ3) is 16.1. The van der Waals surface area contributed by atoms with Crippen LogP contribution in [0.3, 0.4) is 0 Å². The number of rotatable bonds is 12. The zero-order chi connectivity index (χ0) is 19.1. The van der Waals surface area contributed by atoms with E-state index in [4.69, 9.17) is 31.8 Å². The van der Waals surface area contributed by atoms with Gasteiger partial charge in [-0.1, -0.05) is 5.21 Å². The lowest BCUT2D eigenvalue weighted by molar-refractivity contribution is 0.280. The van der Waals surface area contributed by atoms with Crippen LogP contribution in [0, 0.1) is 0 Å². The summed E-state index contributed by atoms with van der Waals surface area (Å²) in [6.07, 6.45) is 2.43. The Morgan fingerprint density at radius 1 is 1.04 bits per heavy atom. The van der Waals surface area contributed by atoms with Crippen molar-refractivity contribution in [1.29, 1.82) is 0 Å². The molecule has 0 radical (unpaired) electrons. The fourth-order valence-electron chi connectivity index (χ4n) is 1.79. The van der Waals surface area contributed by atoms with Crippen molar-refractivity contribution >= 4 is 14.2 Å². The molecule has 144 valence electrons. The van der Waals surface area contributed by atoms with Crippen LogP contribution in [-0.2, 0) is 6.42 Å². The SMILES string of the molecule is CNCCCN(N)CB(O)O.NN(CCCc1nn[nH]n1)CB(O)O. The number of aromatic amines is 1. The number of H-pyrrole nitrogens is 1. The van der Waals surface area contributed by atoms with Crippen LogP contribution in [0.5, 0.6) is 0 Å². The van der Waals surface area contributed by atoms with Gasteiger partial charge in [0.2, 0.25) is 0 Å². The molecule has 1 heterocycles. The van der Waals surface area contributed by atoms with E-state index in [1.54, 1.807) is 0 Å². The first kappa shape index (κ1) is 23.8. The minimum atomic E-state index is -1.40. The number of hydrogen-bond donors (Lipinski definition) is 8. The monoisotopic (exact) mass is 361 g/mol. The number of nitrogens with zero attached hydrogens (tertiary/aromatic N) is 5. The summed E-state index contributed by atoms with van der Waals surface area (Å²) >= 11 is 0. The van der Waals surface area contributed by atoms with E-state index in [-0.39, 0.29) is 12.9 Å². The van der Waals surface area contributed by atoms with E-state index in [0.29, 0.717) is 25.3 Å². The second-order valence-electron chi connectivity index (χ2n) is 5.34. The first-order valence-electron chi connectivity index (χ1n) is 7.93. The molecule has 0 bridgehead atoms. The fraction of sp³-hybridized carbons (Fsp3) is 0.900. The molecule has 0 spiro atoms. The summed E-state index contributed by atoms with van der Waals surface area (Å²) in [5, 5.41) is 53.2. The largest absolute Gasteiger partial charge is 0.468 e. The maximum atomic E-state index is 8.60. The third-order valence-electron chi connectivity index (χ3n) is 2.90. The summed E-state index contributed by atoms with van der Waals surface area (Å²) in [6, 6.07) is 0. The van der Waals surface area contributed by atoms with Gasteiger partial charge in [-0.25, -0.2) is 10.0 Å². The number of aromatic nitrogens is 4. The van der Waals surface area contributed by atoms with Crippen molar-refractivity contribution in [2.75, 3.05) is 39.6 Å². The van der Waals surface area contributed by atoms with E-state index in [1.165, 1.54) is 10.0 Å². The highest BCUT2D eigenvalue weighted by Crippen LogP contribution is 1.93. The average molecular weight is 361 g/mol. The van der Waals surface area contributed by atoms with Crippen LogP contribution >= 0.6 is 0 Å². The molecule has 0 aliphatic rings. The fourth-order valence-corrected chi connectivity index (χ4v) is 1.79. The van der Waals surface area contributed by atoms with E-state index < -0.39 is 14.2 Å². The molecule has 0 amide bonds. The maximum Gasteiger partial charge on any atom is 0.468 e. The molecule has 1 rings (SSSR count). The van der Waals surface area contributed by atoms with Gasteiger partial charge in [0.25, 0.3) is 0 Å². The molecule has 0 fully saturated rings. The molecule has 10 N–H and O–H groups in total. The summed E-state index contributed by atoms with van der Waals surface area (Å²) in [7, 11) is -0.873. The Morgan fingerprint density at radius 2 is 1.60 bits per heavy atom. The van der Waals surface area contributed by atoms with Crippen LogP contribution in [0.1, 0.15) is 18.7 Å². The minimum absolute atomic E-state index is 0.0340. The molecule has 15 heteroatoms. The van der Waals surface area contributed by atoms with Gasteiger partial charge < -0.3 is 25.4 Å². The molecule has 1 aromatic heterocycles. The van der Waals surface area contributed by atoms with E-state index in [9.17, 15) is 0 Å². The van der Waals surface area contributed by atoms with Crippen LogP contribution in [-0.4, -0.2) is 105 Å². The summed E-state index contributed by atoms with van der Waals surface area (Å²) in [5.41, 5.74) is 0. The molecule has 0 saturated carbocycles. The highest BCUT2D eigenvalue weighted by Gasteiger charge is 2.11. The molecule has 1 aromatic rings. The maximum absolute atomic E-state index is 8.60. The smallest absolute Gasteiger partial charge is 0.426 e. The minimum Gasteiger partial charge on any atom is -0.426 e. The van der Waals surface area contributed by atoms with Crippen LogP contribution in [0.2, 0.25) is 0 Å². The summed E-state index contributed by atoms with van der Waals surface area (Å²) in [5.74, 6) is 11.5. The third-order valence-corrected chi connectivity index (χ3v) is 2.90. The van der Waals surface area contributed by atoms with Crippen LogP contribution in [0.15, 0.2) is 0 Å². The van der Waals surface area contributed by atoms with Crippen LogP contribution in [0.25, 0.3) is 0 Å². The first-order valence-corrected chi connectivity index (χ1v) is 7.93. The molecular weight excluding hydrogens is 332 g/mol. The first-order chi connectivity index (χ1) is 11.8. The number of hydrogen-bond acceptors (Lipinski definition) is 12. The van der Waals surface area contributed by atoms with Gasteiger partial charge in [-0.15, -0.1) is 10.2 Å². The lowest BCUT2D eigenvalue weighted by Crippen LogP contribution is -2.41. The Hall–Kier alpha value is -1.16. The molecule has 0 aromatic carbocycles. The molecule has 0 saturated heterocycles. The second kappa shape index (κ2) is 15.1. The van der Waals surface area contributed by atoms with Gasteiger partial charge in [0, 0.05) is 32.4 Å². The second-order valence-corrected chi connectivity index (χ2v) is 5.34. The topological polar surface area (TPSA) is 206 Å². The van der Waals surface area contributed by atoms with Gasteiger partial charge in [-0.05, 0) is 26.4 Å². The summed E-state index contributed by atoms with van der Waals surface area (Å²) in [6.45, 7) is 2.10. The molecule has 13 nitrogen and oxygen atoms in total. The van der Waals surface area contributed by atoms with Gasteiger partial charge >= 0.3 is 14.2 Å². The zero-order valence-corrected chi connectivity index (χ0v) is 14.5. The van der Waals surface area contributed by atoms with Gasteiger partial charge in [-0.2, -0.15) is 5.21 Å². The Labute approximate surface area is 147 Å². The summed E-state index contributed by atoms with van der Waals surface area (Å²) in [4.78, 5) is 0. The summed E-state index contributed by atoms with van der Waals surface area (Å²) < 4.78 is 0. The van der Waals surface area contributed by atoms with Crippen molar-refractivity contribution < 1.29 is 20.1 Å². The lowest BCUT2D eigenvalue weighted by atomic mass is 9.92. The van der Waals surface area contributed by atoms with Crippen molar-refractivity contribution in [2.24, 2.45) is 11.7 Å². The average Bonchev–Trinajstić information content (AvgIpc) is 3.00. The number of nitrogens with one attached hydrogen (secondary N) is 2. The van der Waals surface area contributed by atoms with Gasteiger partial charge in [0.15, 0.2) is 5.82 Å². The standard InChI is InChI=1S/C5H13BN6O2.C5H16BN3O2/c7-12(4-6(13)14)3-1-2-5-8-10-11-9-5;1-8-3-2-4-9(7)5-6(10)11/h13-14H,1-4,7H2,(H,8,9,10,11);8,10-11H,2-5,7H2,1H3. The molecular formula is C10H29B2N9O4. The van der Waals surface area contributed by atoms with E-state index in [1.807, 2.05) is 7.05 Å². The zero-order valence-electron chi connectivity index (χ0n) is 14.5. The highest BCUT2D eigenvalue weighted by molar-refractivity contribution is 6.41. The van der Waals surface area contributed by atoms with Gasteiger partial charge in [-0.3, -0.25) is 11.7 Å². The number of hydrazine groups is 2. The Bertz CT molecular complexity index is 402. The number of nitrogens with two attached hydrogens (primary N) is 2. The lowest BCUT2D eigenvalue weighted by Gasteiger charge is -2.14. The van der Waals surface area contributed by atoms with E-state index >= 15 is 0 Å². The van der Waals surface area contributed by atoms with Crippen molar-refractivity contribution in [2.45, 2.75) is 19.3 Å². The predicted molar refractivity (Wildman–Crippen MR) is 92.9 cm³/mol. The molecule has 25 heavy (non-hydrogen) atoms. The number of aryl methyl sites for hydroxylation is 1.